The maximum Gasteiger partial charge on any atom is 0.395 e. The standard InChI is InChI=1S/C33H33ClF4N8/c1-5-25(35)30-22(7-6-8-40-30)18(2)27(26-16-46(45-44-26)32-11-19(12-32)13-32)43-21-9-23-28(42-17-31(3,4)33(36,37)38)20(14-39)15-41-29(23)24(34)10-21/h5-10,15-16,19,27,43-45H,2,11-13,17H2,1,3-4H3,(H,41,42)/b25-5+/t19?,27-,32?/m0/s1. The third-order valence-electron chi connectivity index (χ3n) is 9.23. The first-order chi connectivity index (χ1) is 21.8. The molecule has 0 radical (unpaired) electrons. The van der Waals surface area contributed by atoms with Gasteiger partial charge in [-0.15, -0.1) is 5.53 Å². The Morgan fingerprint density at radius 1 is 1.28 bits per heavy atom. The van der Waals surface area contributed by atoms with Crippen LogP contribution in [0.2, 0.25) is 5.02 Å². The van der Waals surface area contributed by atoms with E-state index < -0.39 is 30.0 Å². The monoisotopic (exact) mass is 652 g/mol. The van der Waals surface area contributed by atoms with Gasteiger partial charge in [-0.3, -0.25) is 15.0 Å². The molecule has 1 atom stereocenters. The Morgan fingerprint density at radius 2 is 2.02 bits per heavy atom. The summed E-state index contributed by atoms with van der Waals surface area (Å²) in [5, 5.41) is 18.8. The van der Waals surface area contributed by atoms with Crippen LogP contribution in [0, 0.1) is 22.7 Å². The predicted octanol–water partition coefficient (Wildman–Crippen LogP) is 7.70. The van der Waals surface area contributed by atoms with Crippen molar-refractivity contribution in [1.29, 1.82) is 5.26 Å². The van der Waals surface area contributed by atoms with Crippen molar-refractivity contribution in [2.75, 3.05) is 17.2 Å². The molecule has 2 aromatic heterocycles. The Hall–Kier alpha value is -4.34. The molecule has 0 spiro atoms. The molecule has 240 valence electrons. The lowest BCUT2D eigenvalue weighted by Gasteiger charge is -2.64. The van der Waals surface area contributed by atoms with Crippen LogP contribution in [0.1, 0.15) is 56.9 Å². The van der Waals surface area contributed by atoms with Gasteiger partial charge in [-0.25, -0.2) is 4.39 Å². The number of halogens is 5. The molecule has 13 heteroatoms. The number of anilines is 2. The van der Waals surface area contributed by atoms with E-state index in [-0.39, 0.29) is 27.5 Å². The fourth-order valence-electron chi connectivity index (χ4n) is 6.15. The summed E-state index contributed by atoms with van der Waals surface area (Å²) >= 11 is 6.70. The minimum Gasteiger partial charge on any atom is -0.382 e. The zero-order valence-corrected chi connectivity index (χ0v) is 26.2. The van der Waals surface area contributed by atoms with Crippen LogP contribution in [0.15, 0.2) is 61.2 Å². The van der Waals surface area contributed by atoms with E-state index in [1.807, 2.05) is 12.3 Å². The number of nitriles is 1. The van der Waals surface area contributed by atoms with Crippen LogP contribution in [0.5, 0.6) is 0 Å². The summed E-state index contributed by atoms with van der Waals surface area (Å²) in [6.07, 6.45) is 4.91. The molecule has 7 rings (SSSR count). The maximum absolute atomic E-state index is 15.0. The molecule has 4 N–H and O–H groups in total. The second-order valence-electron chi connectivity index (χ2n) is 12.8. The number of alkyl halides is 3. The number of hydrogen-bond acceptors (Lipinski definition) is 8. The number of nitrogens with one attached hydrogen (secondary N) is 4. The van der Waals surface area contributed by atoms with Crippen LogP contribution in [0.25, 0.3) is 22.3 Å². The number of hydrogen-bond donors (Lipinski definition) is 4. The van der Waals surface area contributed by atoms with Gasteiger partial charge in [0.15, 0.2) is 0 Å². The number of pyridine rings is 2. The molecule has 3 saturated carbocycles. The Balaban J connectivity index is 1.41. The molecule has 46 heavy (non-hydrogen) atoms. The minimum atomic E-state index is -4.48. The largest absolute Gasteiger partial charge is 0.395 e. The van der Waals surface area contributed by atoms with E-state index >= 15 is 0 Å². The molecule has 0 saturated heterocycles. The van der Waals surface area contributed by atoms with E-state index in [9.17, 15) is 22.8 Å². The van der Waals surface area contributed by atoms with E-state index in [0.29, 0.717) is 33.4 Å². The van der Waals surface area contributed by atoms with Crippen LogP contribution in [-0.2, 0) is 0 Å². The molecule has 1 aromatic carbocycles. The highest BCUT2D eigenvalue weighted by Crippen LogP contribution is 2.60. The van der Waals surface area contributed by atoms with Crippen molar-refractivity contribution in [3.05, 3.63) is 83.1 Å². The molecule has 3 aromatic rings. The SMILES string of the molecule is C=C(c1cccnc1/C(F)=C\C)[C@H](Nc1cc(Cl)c2ncc(C#N)c(NCC(C)(C)C(F)(F)F)c2c1)C1=CN(C23CC(C2)C3)NN1. The van der Waals surface area contributed by atoms with E-state index in [1.165, 1.54) is 18.5 Å². The zero-order valence-electron chi connectivity index (χ0n) is 25.5. The maximum atomic E-state index is 15.0. The third kappa shape index (κ3) is 5.41. The average molecular weight is 653 g/mol. The number of aromatic nitrogens is 2. The van der Waals surface area contributed by atoms with Crippen LogP contribution in [0.4, 0.5) is 28.9 Å². The lowest BCUT2D eigenvalue weighted by atomic mass is 9.49. The number of allylic oxidation sites excluding steroid dienone is 1. The second kappa shape index (κ2) is 11.5. The molecule has 3 heterocycles. The summed E-state index contributed by atoms with van der Waals surface area (Å²) in [5.41, 5.74) is 7.35. The van der Waals surface area contributed by atoms with Crippen LogP contribution in [-0.4, -0.2) is 39.3 Å². The summed E-state index contributed by atoms with van der Waals surface area (Å²) in [7, 11) is 0. The number of benzene rings is 1. The van der Waals surface area contributed by atoms with E-state index in [4.69, 9.17) is 11.6 Å². The van der Waals surface area contributed by atoms with E-state index in [2.05, 4.69) is 43.1 Å². The van der Waals surface area contributed by atoms with Crippen molar-refractivity contribution in [1.82, 2.24) is 25.9 Å². The first-order valence-corrected chi connectivity index (χ1v) is 15.2. The molecule has 4 aliphatic rings. The van der Waals surface area contributed by atoms with Gasteiger partial charge in [0, 0.05) is 41.8 Å². The van der Waals surface area contributed by atoms with E-state index in [0.717, 1.165) is 39.0 Å². The molecule has 1 aliphatic heterocycles. The topological polar surface area (TPSA) is 101 Å². The molecule has 3 fully saturated rings. The first kappa shape index (κ1) is 31.6. The Morgan fingerprint density at radius 3 is 2.65 bits per heavy atom. The number of fused-ring (bicyclic) bond motifs is 1. The summed E-state index contributed by atoms with van der Waals surface area (Å²) < 4.78 is 56.0. The van der Waals surface area contributed by atoms with Crippen molar-refractivity contribution in [3.63, 3.8) is 0 Å². The van der Waals surface area contributed by atoms with Gasteiger partial charge < -0.3 is 16.1 Å². The Bertz CT molecular complexity index is 1810. The Labute approximate surface area is 269 Å². The quantitative estimate of drug-likeness (QED) is 0.165. The van der Waals surface area contributed by atoms with Crippen molar-refractivity contribution >= 4 is 45.3 Å². The van der Waals surface area contributed by atoms with Crippen LogP contribution >= 0.6 is 11.6 Å². The second-order valence-corrected chi connectivity index (χ2v) is 13.2. The molecule has 0 amide bonds. The zero-order chi connectivity index (χ0) is 33.0. The Kier molecular flexibility index (Phi) is 7.89. The smallest absolute Gasteiger partial charge is 0.382 e. The molecule has 3 aliphatic carbocycles. The molecule has 0 unspecified atom stereocenters. The first-order valence-electron chi connectivity index (χ1n) is 14.9. The molecular formula is C33H33ClF4N8. The molecule has 2 bridgehead atoms. The van der Waals surface area contributed by atoms with Gasteiger partial charge in [-0.05, 0) is 75.8 Å². The predicted molar refractivity (Wildman–Crippen MR) is 171 cm³/mol. The normalized spacial score (nSPS) is 21.5. The van der Waals surface area contributed by atoms with Gasteiger partial charge in [0.05, 0.1) is 44.5 Å². The highest BCUT2D eigenvalue weighted by molar-refractivity contribution is 6.35. The van der Waals surface area contributed by atoms with Crippen molar-refractivity contribution in [2.45, 2.75) is 57.8 Å². The third-order valence-corrected chi connectivity index (χ3v) is 9.52. The minimum absolute atomic E-state index is 0.0538. The van der Waals surface area contributed by atoms with E-state index in [1.54, 1.807) is 31.2 Å². The van der Waals surface area contributed by atoms with Gasteiger partial charge in [0.25, 0.3) is 0 Å². The van der Waals surface area contributed by atoms with Gasteiger partial charge in [-0.1, -0.05) is 24.2 Å². The fraction of sp³-hybridized carbons (Fsp3) is 0.364. The van der Waals surface area contributed by atoms with Crippen LogP contribution < -0.4 is 21.6 Å². The summed E-state index contributed by atoms with van der Waals surface area (Å²) in [6.45, 7) is 7.62. The van der Waals surface area contributed by atoms with Gasteiger partial charge in [0.2, 0.25) is 0 Å². The van der Waals surface area contributed by atoms with Crippen molar-refractivity contribution < 1.29 is 17.6 Å². The average Bonchev–Trinajstić information content (AvgIpc) is 3.44. The number of rotatable bonds is 10. The summed E-state index contributed by atoms with van der Waals surface area (Å²) in [6, 6.07) is 8.13. The number of hydrazine groups is 2. The molecular weight excluding hydrogens is 620 g/mol. The van der Waals surface area contributed by atoms with Crippen molar-refractivity contribution in [3.8, 4) is 6.07 Å². The fourth-order valence-corrected chi connectivity index (χ4v) is 6.42. The lowest BCUT2D eigenvalue weighted by molar-refractivity contribution is -0.206. The van der Waals surface area contributed by atoms with Gasteiger partial charge in [0.1, 0.15) is 17.6 Å². The highest BCUT2D eigenvalue weighted by atomic mass is 35.5. The molecule has 8 nitrogen and oxygen atoms in total. The summed E-state index contributed by atoms with van der Waals surface area (Å²) in [5.74, 6) is 0.250. The number of nitrogens with zero attached hydrogens (tertiary/aromatic N) is 4. The lowest BCUT2D eigenvalue weighted by Crippen LogP contribution is -2.69. The van der Waals surface area contributed by atoms with Crippen LogP contribution in [0.3, 0.4) is 0 Å². The summed E-state index contributed by atoms with van der Waals surface area (Å²) in [4.78, 5) is 8.59. The van der Waals surface area contributed by atoms with Gasteiger partial charge >= 0.3 is 6.18 Å². The highest BCUT2D eigenvalue weighted by Gasteiger charge is 2.60. The van der Waals surface area contributed by atoms with Crippen molar-refractivity contribution in [2.24, 2.45) is 11.3 Å². The van der Waals surface area contributed by atoms with Gasteiger partial charge in [-0.2, -0.15) is 18.4 Å².